The molecule has 0 unspecified atom stereocenters. The van der Waals surface area contributed by atoms with Crippen molar-refractivity contribution in [2.24, 2.45) is 13.0 Å². The smallest absolute Gasteiger partial charge is 0.241 e. The fourth-order valence-electron chi connectivity index (χ4n) is 5.48. The molecule has 0 spiro atoms. The molecule has 1 fully saturated rings. The molecule has 3 aromatic carbocycles. The molecule has 0 aliphatic heterocycles. The SMILES string of the molecule is Cn1ccnc1CN(C(=O)[C@@H]1C[C@@H]1c1ccc(Cl)cc1)c1ccc2c(c1)[C@H](NS(=O)(=O)c1ccc(F)cc1)CC2. The van der Waals surface area contributed by atoms with Gasteiger partial charge < -0.3 is 9.47 Å². The number of amides is 1. The summed E-state index contributed by atoms with van der Waals surface area (Å²) in [5.41, 5.74) is 3.65. The normalized spacial score (nSPS) is 19.8. The van der Waals surface area contributed by atoms with Crippen LogP contribution in [0.25, 0.3) is 0 Å². The van der Waals surface area contributed by atoms with Gasteiger partial charge in [0.05, 0.1) is 11.4 Å². The number of halogens is 2. The van der Waals surface area contributed by atoms with Crippen LogP contribution in [-0.4, -0.2) is 23.9 Å². The minimum atomic E-state index is -3.86. The summed E-state index contributed by atoms with van der Waals surface area (Å²) in [6.07, 6.45) is 5.60. The minimum Gasteiger partial charge on any atom is -0.337 e. The number of imidazole rings is 1. The van der Waals surface area contributed by atoms with E-state index in [1.54, 1.807) is 11.1 Å². The van der Waals surface area contributed by atoms with Crippen molar-refractivity contribution < 1.29 is 17.6 Å². The van der Waals surface area contributed by atoms with Gasteiger partial charge in [0.2, 0.25) is 15.9 Å². The monoisotopic (exact) mass is 578 g/mol. The van der Waals surface area contributed by atoms with Crippen LogP contribution >= 0.6 is 11.6 Å². The lowest BCUT2D eigenvalue weighted by Crippen LogP contribution is -2.33. The maximum atomic E-state index is 13.9. The van der Waals surface area contributed by atoms with Gasteiger partial charge >= 0.3 is 0 Å². The van der Waals surface area contributed by atoms with Crippen LogP contribution in [0.3, 0.4) is 0 Å². The second-order valence-electron chi connectivity index (χ2n) is 10.4. The molecule has 206 valence electrons. The molecule has 2 aliphatic rings. The van der Waals surface area contributed by atoms with Gasteiger partial charge in [-0.1, -0.05) is 29.8 Å². The Morgan fingerprint density at radius 3 is 2.58 bits per heavy atom. The summed E-state index contributed by atoms with van der Waals surface area (Å²) in [6, 6.07) is 17.7. The predicted molar refractivity (Wildman–Crippen MR) is 151 cm³/mol. The quantitative estimate of drug-likeness (QED) is 0.299. The van der Waals surface area contributed by atoms with Crippen molar-refractivity contribution in [2.45, 2.75) is 42.7 Å². The molecule has 0 bridgehead atoms. The third kappa shape index (κ3) is 5.29. The van der Waals surface area contributed by atoms with Crippen LogP contribution < -0.4 is 9.62 Å². The van der Waals surface area contributed by atoms with Crippen molar-refractivity contribution in [1.82, 2.24) is 14.3 Å². The maximum absolute atomic E-state index is 13.9. The highest BCUT2D eigenvalue weighted by atomic mass is 35.5. The Morgan fingerprint density at radius 2 is 1.88 bits per heavy atom. The number of rotatable bonds is 8. The van der Waals surface area contributed by atoms with Crippen LogP contribution in [-0.2, 0) is 34.8 Å². The van der Waals surface area contributed by atoms with E-state index in [2.05, 4.69) is 9.71 Å². The lowest BCUT2D eigenvalue weighted by atomic mass is 10.1. The zero-order valence-electron chi connectivity index (χ0n) is 21.8. The Labute approximate surface area is 237 Å². The number of hydrogen-bond acceptors (Lipinski definition) is 4. The molecular weight excluding hydrogens is 551 g/mol. The Morgan fingerprint density at radius 1 is 1.12 bits per heavy atom. The van der Waals surface area contributed by atoms with Gasteiger partial charge in [-0.25, -0.2) is 22.5 Å². The molecule has 1 heterocycles. The first kappa shape index (κ1) is 26.7. The van der Waals surface area contributed by atoms with E-state index in [0.29, 0.717) is 23.6 Å². The molecule has 4 aromatic rings. The Bertz CT molecular complexity index is 1670. The molecular formula is C30H28ClFN4O3S. The molecule has 6 rings (SSSR count). The molecule has 0 saturated heterocycles. The van der Waals surface area contributed by atoms with E-state index in [1.165, 1.54) is 12.1 Å². The zero-order valence-corrected chi connectivity index (χ0v) is 23.4. The lowest BCUT2D eigenvalue weighted by Gasteiger charge is -2.25. The largest absolute Gasteiger partial charge is 0.337 e. The van der Waals surface area contributed by atoms with Crippen LogP contribution in [0.1, 0.15) is 47.3 Å². The summed E-state index contributed by atoms with van der Waals surface area (Å²) in [5.74, 6) is 0.206. The van der Waals surface area contributed by atoms with E-state index in [1.807, 2.05) is 60.3 Å². The number of carbonyl (C=O) groups excluding carboxylic acids is 1. The highest BCUT2D eigenvalue weighted by Crippen LogP contribution is 2.49. The molecule has 1 saturated carbocycles. The maximum Gasteiger partial charge on any atom is 0.241 e. The van der Waals surface area contributed by atoms with Gasteiger partial charge in [0, 0.05) is 42.1 Å². The topological polar surface area (TPSA) is 84.3 Å². The van der Waals surface area contributed by atoms with Gasteiger partial charge in [-0.15, -0.1) is 0 Å². The first-order chi connectivity index (χ1) is 19.2. The fraction of sp³-hybridized carbons (Fsp3) is 0.267. The second kappa shape index (κ2) is 10.5. The van der Waals surface area contributed by atoms with E-state index in [4.69, 9.17) is 11.6 Å². The van der Waals surface area contributed by atoms with Crippen LogP contribution in [0.5, 0.6) is 0 Å². The zero-order chi connectivity index (χ0) is 28.0. The Kier molecular flexibility index (Phi) is 6.98. The highest BCUT2D eigenvalue weighted by molar-refractivity contribution is 7.89. The van der Waals surface area contributed by atoms with Crippen LogP contribution in [0.2, 0.25) is 5.02 Å². The van der Waals surface area contributed by atoms with Crippen molar-refractivity contribution in [3.8, 4) is 0 Å². The Balaban J connectivity index is 1.29. The molecule has 0 radical (unpaired) electrons. The molecule has 7 nitrogen and oxygen atoms in total. The molecule has 1 aromatic heterocycles. The number of sulfonamides is 1. The van der Waals surface area contributed by atoms with Gasteiger partial charge in [0.1, 0.15) is 11.6 Å². The third-order valence-corrected chi connectivity index (χ3v) is 9.57. The van der Waals surface area contributed by atoms with Crippen molar-refractivity contribution >= 4 is 33.2 Å². The van der Waals surface area contributed by atoms with Crippen molar-refractivity contribution in [2.75, 3.05) is 4.90 Å². The number of benzene rings is 3. The van der Waals surface area contributed by atoms with Crippen molar-refractivity contribution in [3.63, 3.8) is 0 Å². The minimum absolute atomic E-state index is 0.00402. The third-order valence-electron chi connectivity index (χ3n) is 7.83. The summed E-state index contributed by atoms with van der Waals surface area (Å²) in [6.45, 7) is 0.289. The van der Waals surface area contributed by atoms with E-state index < -0.39 is 21.9 Å². The average molecular weight is 579 g/mol. The van der Waals surface area contributed by atoms with Crippen LogP contribution in [0.4, 0.5) is 10.1 Å². The predicted octanol–water partition coefficient (Wildman–Crippen LogP) is 5.52. The molecule has 2 aliphatic carbocycles. The molecule has 40 heavy (non-hydrogen) atoms. The first-order valence-corrected chi connectivity index (χ1v) is 15.0. The lowest BCUT2D eigenvalue weighted by molar-refractivity contribution is -0.120. The fourth-order valence-corrected chi connectivity index (χ4v) is 6.86. The number of anilines is 1. The number of aromatic nitrogens is 2. The van der Waals surface area contributed by atoms with Crippen LogP contribution in [0.15, 0.2) is 84.0 Å². The molecule has 3 atom stereocenters. The molecule has 1 amide bonds. The summed E-state index contributed by atoms with van der Waals surface area (Å²) < 4.78 is 44.1. The van der Waals surface area contributed by atoms with E-state index in [9.17, 15) is 17.6 Å². The summed E-state index contributed by atoms with van der Waals surface area (Å²) in [5, 5.41) is 0.659. The number of nitrogens with one attached hydrogen (secondary N) is 1. The first-order valence-electron chi connectivity index (χ1n) is 13.1. The van der Waals surface area contributed by atoms with E-state index >= 15 is 0 Å². The summed E-state index contributed by atoms with van der Waals surface area (Å²) >= 11 is 6.06. The molecule has 1 N–H and O–H groups in total. The van der Waals surface area contributed by atoms with Gasteiger partial charge in [-0.05, 0) is 90.4 Å². The van der Waals surface area contributed by atoms with Gasteiger partial charge in [0.15, 0.2) is 0 Å². The Hall–Kier alpha value is -3.53. The van der Waals surface area contributed by atoms with Gasteiger partial charge in [-0.3, -0.25) is 4.79 Å². The molecule has 10 heteroatoms. The number of carbonyl (C=O) groups is 1. The number of aryl methyl sites for hydroxylation is 2. The van der Waals surface area contributed by atoms with Gasteiger partial charge in [-0.2, -0.15) is 0 Å². The van der Waals surface area contributed by atoms with E-state index in [-0.39, 0.29) is 29.2 Å². The summed E-state index contributed by atoms with van der Waals surface area (Å²) in [4.78, 5) is 20.1. The number of nitrogens with zero attached hydrogens (tertiary/aromatic N) is 3. The standard InChI is InChI=1S/C30H28ClFN4O3S/c1-35-15-14-33-29(35)18-36(30(37)27-17-25(27)19-2-6-21(31)7-3-19)23-10-4-20-5-13-28(26(20)16-23)34-40(38,39)24-11-8-22(32)9-12-24/h2-4,6-12,14-16,25,27-28,34H,5,13,17-18H2,1H3/t25-,27-,28-/m1/s1. The highest BCUT2D eigenvalue weighted by Gasteiger charge is 2.46. The number of hydrogen-bond donors (Lipinski definition) is 1. The van der Waals surface area contributed by atoms with Crippen LogP contribution in [0, 0.1) is 11.7 Å². The second-order valence-corrected chi connectivity index (χ2v) is 12.6. The van der Waals surface area contributed by atoms with Crippen molar-refractivity contribution in [1.29, 1.82) is 0 Å². The van der Waals surface area contributed by atoms with Gasteiger partial charge in [0.25, 0.3) is 0 Å². The van der Waals surface area contributed by atoms with Crippen molar-refractivity contribution in [3.05, 3.63) is 112 Å². The number of fused-ring (bicyclic) bond motifs is 1. The van der Waals surface area contributed by atoms with E-state index in [0.717, 1.165) is 41.1 Å². The summed E-state index contributed by atoms with van der Waals surface area (Å²) in [7, 11) is -1.97. The average Bonchev–Trinajstić information content (AvgIpc) is 3.50.